The largest absolute Gasteiger partial charge is 0.376 e. The van der Waals surface area contributed by atoms with E-state index in [-0.39, 0.29) is 0 Å². The Hall–Kier alpha value is -1.63. The summed E-state index contributed by atoms with van der Waals surface area (Å²) in [4.78, 5) is 4.27. The van der Waals surface area contributed by atoms with Gasteiger partial charge in [-0.1, -0.05) is 6.42 Å². The zero-order chi connectivity index (χ0) is 15.9. The third kappa shape index (κ3) is 4.43. The highest BCUT2D eigenvalue weighted by atomic mass is 16.5. The number of nitrogens with zero attached hydrogens (tertiary/aromatic N) is 4. The van der Waals surface area contributed by atoms with Gasteiger partial charge in [0.2, 0.25) is 0 Å². The number of hydrogen-bond acceptors (Lipinski definition) is 4. The van der Waals surface area contributed by atoms with Crippen LogP contribution in [0.1, 0.15) is 43.8 Å². The molecule has 1 aromatic rings. The fraction of sp³-hybridized carbons (Fsp3) is 0.812. The van der Waals surface area contributed by atoms with E-state index < -0.39 is 0 Å². The second-order valence-electron chi connectivity index (χ2n) is 6.26. The highest BCUT2D eigenvalue weighted by molar-refractivity contribution is 5.79. The number of guanidine groups is 1. The summed E-state index contributed by atoms with van der Waals surface area (Å²) in [6.07, 6.45) is 8.30. The van der Waals surface area contributed by atoms with Gasteiger partial charge < -0.3 is 19.9 Å². The van der Waals surface area contributed by atoms with Crippen molar-refractivity contribution in [1.82, 2.24) is 25.4 Å². The molecule has 0 amide bonds. The van der Waals surface area contributed by atoms with Crippen LogP contribution in [-0.2, 0) is 24.1 Å². The number of nitrogens with one attached hydrogen (secondary N) is 2. The van der Waals surface area contributed by atoms with Gasteiger partial charge in [-0.15, -0.1) is 10.2 Å². The van der Waals surface area contributed by atoms with Crippen molar-refractivity contribution < 1.29 is 4.74 Å². The van der Waals surface area contributed by atoms with Crippen LogP contribution in [-0.4, -0.2) is 53.6 Å². The van der Waals surface area contributed by atoms with Gasteiger partial charge in [-0.2, -0.15) is 0 Å². The number of ether oxygens (including phenoxy) is 1. The first-order chi connectivity index (χ1) is 11.4. The molecule has 128 valence electrons. The molecule has 7 heteroatoms. The third-order valence-electron chi connectivity index (χ3n) is 4.57. The van der Waals surface area contributed by atoms with E-state index in [4.69, 9.17) is 4.74 Å². The Bertz CT molecular complexity index is 521. The maximum absolute atomic E-state index is 5.62. The van der Waals surface area contributed by atoms with Crippen LogP contribution >= 0.6 is 0 Å². The molecule has 0 bridgehead atoms. The smallest absolute Gasteiger partial charge is 0.191 e. The Labute approximate surface area is 137 Å². The van der Waals surface area contributed by atoms with Crippen molar-refractivity contribution in [3.63, 3.8) is 0 Å². The zero-order valence-electron chi connectivity index (χ0n) is 14.1. The second-order valence-corrected chi connectivity index (χ2v) is 6.26. The fourth-order valence-corrected chi connectivity index (χ4v) is 3.26. The minimum absolute atomic E-state index is 0.320. The van der Waals surface area contributed by atoms with Crippen molar-refractivity contribution in [2.75, 3.05) is 26.7 Å². The molecule has 3 heterocycles. The molecule has 2 aliphatic rings. The fourth-order valence-electron chi connectivity index (χ4n) is 3.26. The molecular weight excluding hydrogens is 292 g/mol. The van der Waals surface area contributed by atoms with Crippen molar-refractivity contribution in [3.8, 4) is 0 Å². The lowest BCUT2D eigenvalue weighted by atomic mass is 10.2. The number of hydrogen-bond donors (Lipinski definition) is 2. The highest BCUT2D eigenvalue weighted by Crippen LogP contribution is 2.14. The molecule has 0 aromatic carbocycles. The van der Waals surface area contributed by atoms with Crippen LogP contribution in [0.2, 0.25) is 0 Å². The predicted molar refractivity (Wildman–Crippen MR) is 89.6 cm³/mol. The lowest BCUT2D eigenvalue weighted by molar-refractivity contribution is 0.114. The van der Waals surface area contributed by atoms with Crippen LogP contribution in [0.25, 0.3) is 0 Å². The maximum Gasteiger partial charge on any atom is 0.191 e. The molecule has 7 nitrogen and oxygen atoms in total. The summed E-state index contributed by atoms with van der Waals surface area (Å²) in [5.41, 5.74) is 0. The van der Waals surface area contributed by atoms with Crippen molar-refractivity contribution in [2.24, 2.45) is 4.99 Å². The Morgan fingerprint density at radius 2 is 2.22 bits per heavy atom. The lowest BCUT2D eigenvalue weighted by Gasteiger charge is -2.15. The molecule has 0 radical (unpaired) electrons. The first-order valence-electron chi connectivity index (χ1n) is 8.84. The van der Waals surface area contributed by atoms with Crippen molar-refractivity contribution in [2.45, 2.75) is 57.6 Å². The van der Waals surface area contributed by atoms with Gasteiger partial charge in [-0.25, -0.2) is 0 Å². The summed E-state index contributed by atoms with van der Waals surface area (Å²) in [6.45, 7) is 3.57. The minimum atomic E-state index is 0.320. The molecule has 1 unspecified atom stereocenters. The third-order valence-corrected chi connectivity index (χ3v) is 4.57. The minimum Gasteiger partial charge on any atom is -0.376 e. The van der Waals surface area contributed by atoms with Gasteiger partial charge in [-0.3, -0.25) is 4.99 Å². The zero-order valence-corrected chi connectivity index (χ0v) is 14.1. The van der Waals surface area contributed by atoms with Gasteiger partial charge >= 0.3 is 0 Å². The monoisotopic (exact) mass is 320 g/mol. The molecule has 0 spiro atoms. The topological polar surface area (TPSA) is 76.4 Å². The van der Waals surface area contributed by atoms with Gasteiger partial charge in [0, 0.05) is 46.1 Å². The average molecular weight is 320 g/mol. The van der Waals surface area contributed by atoms with E-state index >= 15 is 0 Å². The Morgan fingerprint density at radius 1 is 1.26 bits per heavy atom. The Morgan fingerprint density at radius 3 is 3.04 bits per heavy atom. The first kappa shape index (κ1) is 16.2. The van der Waals surface area contributed by atoms with Crippen LogP contribution in [0.3, 0.4) is 0 Å². The van der Waals surface area contributed by atoms with Crippen LogP contribution < -0.4 is 10.6 Å². The average Bonchev–Trinajstić information content (AvgIpc) is 3.16. The van der Waals surface area contributed by atoms with Crippen molar-refractivity contribution in [3.05, 3.63) is 11.6 Å². The molecule has 1 saturated heterocycles. The molecule has 0 saturated carbocycles. The molecule has 2 N–H and O–H groups in total. The van der Waals surface area contributed by atoms with Crippen LogP contribution in [0, 0.1) is 0 Å². The Kier molecular flexibility index (Phi) is 5.85. The van der Waals surface area contributed by atoms with E-state index in [1.54, 1.807) is 7.05 Å². The van der Waals surface area contributed by atoms with Crippen LogP contribution in [0.15, 0.2) is 4.99 Å². The van der Waals surface area contributed by atoms with Crippen molar-refractivity contribution in [1.29, 1.82) is 0 Å². The van der Waals surface area contributed by atoms with E-state index in [1.165, 1.54) is 19.3 Å². The van der Waals surface area contributed by atoms with Gasteiger partial charge in [0.15, 0.2) is 5.96 Å². The van der Waals surface area contributed by atoms with Gasteiger partial charge in [0.25, 0.3) is 0 Å². The summed E-state index contributed by atoms with van der Waals surface area (Å²) in [5, 5.41) is 15.4. The summed E-state index contributed by atoms with van der Waals surface area (Å²) in [7, 11) is 1.80. The first-order valence-corrected chi connectivity index (χ1v) is 8.84. The summed E-state index contributed by atoms with van der Waals surface area (Å²) < 4.78 is 7.92. The quantitative estimate of drug-likeness (QED) is 0.622. The molecule has 2 aliphatic heterocycles. The SMILES string of the molecule is CN=C(NCCc1nnc2n1CCCCC2)NCC1CCCO1. The van der Waals surface area contributed by atoms with Crippen molar-refractivity contribution >= 4 is 5.96 Å². The summed E-state index contributed by atoms with van der Waals surface area (Å²) in [6, 6.07) is 0. The number of fused-ring (bicyclic) bond motifs is 1. The van der Waals surface area contributed by atoms with Crippen LogP contribution in [0.5, 0.6) is 0 Å². The molecule has 3 rings (SSSR count). The molecule has 23 heavy (non-hydrogen) atoms. The summed E-state index contributed by atoms with van der Waals surface area (Å²) in [5.74, 6) is 3.07. The number of aromatic nitrogens is 3. The molecule has 0 aliphatic carbocycles. The molecule has 1 aromatic heterocycles. The molecule has 1 fully saturated rings. The number of aryl methyl sites for hydroxylation is 1. The summed E-state index contributed by atoms with van der Waals surface area (Å²) >= 11 is 0. The van der Waals surface area contributed by atoms with E-state index in [9.17, 15) is 0 Å². The highest BCUT2D eigenvalue weighted by Gasteiger charge is 2.16. The molecular formula is C16H28N6O. The molecule has 1 atom stereocenters. The maximum atomic E-state index is 5.62. The Balaban J connectivity index is 1.43. The number of aliphatic imine (C=N–C) groups is 1. The normalized spacial score (nSPS) is 21.8. The second kappa shape index (κ2) is 8.29. The van der Waals surface area contributed by atoms with Gasteiger partial charge in [-0.05, 0) is 25.7 Å². The predicted octanol–water partition coefficient (Wildman–Crippen LogP) is 0.891. The van der Waals surface area contributed by atoms with E-state index in [1.807, 2.05) is 0 Å². The van der Waals surface area contributed by atoms with E-state index in [0.29, 0.717) is 6.10 Å². The van der Waals surface area contributed by atoms with Gasteiger partial charge in [0.1, 0.15) is 11.6 Å². The number of rotatable bonds is 5. The van der Waals surface area contributed by atoms with Crippen LogP contribution in [0.4, 0.5) is 0 Å². The van der Waals surface area contributed by atoms with Gasteiger partial charge in [0.05, 0.1) is 6.10 Å². The van der Waals surface area contributed by atoms with E-state index in [2.05, 4.69) is 30.4 Å². The lowest BCUT2D eigenvalue weighted by Crippen LogP contribution is -2.41. The van der Waals surface area contributed by atoms with E-state index in [0.717, 1.165) is 69.5 Å². The standard InChI is InChI=1S/C16H28N6O/c1-17-16(19-12-13-6-5-11-23-13)18-9-8-15-21-20-14-7-3-2-4-10-22(14)15/h13H,2-12H2,1H3,(H2,17,18,19).